The summed E-state index contributed by atoms with van der Waals surface area (Å²) in [6, 6.07) is 1.83. The first kappa shape index (κ1) is 11.7. The Morgan fingerprint density at radius 2 is 2.12 bits per heavy atom. The highest BCUT2D eigenvalue weighted by molar-refractivity contribution is 7.99. The molecule has 2 aromatic heterocycles. The molecule has 2 heterocycles. The molecular formula is C10H13ClN4S. The van der Waals surface area contributed by atoms with Crippen molar-refractivity contribution < 1.29 is 0 Å². The number of rotatable bonds is 3. The normalized spacial score (nSPS) is 13.6. The molecule has 0 radical (unpaired) electrons. The molecule has 86 valence electrons. The molecule has 0 N–H and O–H groups in total. The number of halogens is 1. The third-order valence-electron chi connectivity index (χ3n) is 2.43. The maximum atomic E-state index is 5.94. The Morgan fingerprint density at radius 1 is 1.38 bits per heavy atom. The van der Waals surface area contributed by atoms with Gasteiger partial charge in [0.25, 0.3) is 5.78 Å². The van der Waals surface area contributed by atoms with E-state index in [9.17, 15) is 0 Å². The number of fused-ring (bicyclic) bond motifs is 1. The highest BCUT2D eigenvalue weighted by Crippen LogP contribution is 2.28. The summed E-state index contributed by atoms with van der Waals surface area (Å²) in [6.07, 6.45) is 1.49. The van der Waals surface area contributed by atoms with E-state index in [-0.39, 0.29) is 0 Å². The van der Waals surface area contributed by atoms with Crippen molar-refractivity contribution in [3.8, 4) is 0 Å². The Kier molecular flexibility index (Phi) is 3.35. The molecule has 0 fully saturated rings. The summed E-state index contributed by atoms with van der Waals surface area (Å²) in [5.41, 5.74) is 0. The summed E-state index contributed by atoms with van der Waals surface area (Å²) in [4.78, 5) is 8.13. The predicted molar refractivity (Wildman–Crippen MR) is 65.9 cm³/mol. The molecule has 0 aliphatic rings. The van der Waals surface area contributed by atoms with Crippen molar-refractivity contribution >= 4 is 29.1 Å². The summed E-state index contributed by atoms with van der Waals surface area (Å²) in [5.74, 6) is 1.14. The van der Waals surface area contributed by atoms with Crippen LogP contribution in [0, 0.1) is 5.92 Å². The van der Waals surface area contributed by atoms with Gasteiger partial charge in [-0.15, -0.1) is 11.8 Å². The highest BCUT2D eigenvalue weighted by Gasteiger charge is 2.13. The van der Waals surface area contributed by atoms with Gasteiger partial charge in [-0.25, -0.2) is 0 Å². The quantitative estimate of drug-likeness (QED) is 0.626. The fourth-order valence-corrected chi connectivity index (χ4v) is 2.47. The molecule has 0 saturated heterocycles. The van der Waals surface area contributed by atoms with E-state index in [1.807, 2.05) is 6.07 Å². The van der Waals surface area contributed by atoms with Crippen LogP contribution in [0.5, 0.6) is 0 Å². The first-order valence-electron chi connectivity index (χ1n) is 5.11. The van der Waals surface area contributed by atoms with E-state index >= 15 is 0 Å². The summed E-state index contributed by atoms with van der Waals surface area (Å²) < 4.78 is 1.72. The largest absolute Gasteiger partial charge is 0.254 e. The van der Waals surface area contributed by atoms with Crippen LogP contribution >= 0.6 is 23.4 Å². The second kappa shape index (κ2) is 4.59. The molecule has 0 bridgehead atoms. The molecule has 0 aromatic carbocycles. The minimum atomic E-state index is 0.457. The van der Waals surface area contributed by atoms with Crippen LogP contribution < -0.4 is 0 Å². The average molecular weight is 257 g/mol. The van der Waals surface area contributed by atoms with E-state index in [0.29, 0.717) is 22.1 Å². The Labute approximate surface area is 103 Å². The molecule has 0 aliphatic heterocycles. The van der Waals surface area contributed by atoms with Crippen molar-refractivity contribution in [2.24, 2.45) is 5.92 Å². The van der Waals surface area contributed by atoms with E-state index < -0.39 is 0 Å². The Balaban J connectivity index is 2.39. The van der Waals surface area contributed by atoms with Crippen molar-refractivity contribution in [1.29, 1.82) is 0 Å². The van der Waals surface area contributed by atoms with Crippen LogP contribution in [0.25, 0.3) is 5.78 Å². The Morgan fingerprint density at radius 3 is 2.81 bits per heavy atom. The minimum Gasteiger partial charge on any atom is -0.199 e. The third kappa shape index (κ3) is 2.30. The molecule has 4 nitrogen and oxygen atoms in total. The molecule has 0 aliphatic carbocycles. The van der Waals surface area contributed by atoms with Crippen molar-refractivity contribution in [2.75, 3.05) is 0 Å². The van der Waals surface area contributed by atoms with Gasteiger partial charge in [0.05, 0.1) is 0 Å². The summed E-state index contributed by atoms with van der Waals surface area (Å²) >= 11 is 7.67. The predicted octanol–water partition coefficient (Wildman–Crippen LogP) is 2.91. The number of hydrogen-bond donors (Lipinski definition) is 0. The van der Waals surface area contributed by atoms with Crippen molar-refractivity contribution in [1.82, 2.24) is 19.6 Å². The fourth-order valence-electron chi connectivity index (χ4n) is 1.17. The zero-order valence-corrected chi connectivity index (χ0v) is 11.0. The van der Waals surface area contributed by atoms with Gasteiger partial charge in [-0.05, 0) is 5.92 Å². The number of thioether (sulfide) groups is 1. The third-order valence-corrected chi connectivity index (χ3v) is 4.08. The number of hydrogen-bond acceptors (Lipinski definition) is 4. The molecule has 2 rings (SSSR count). The molecule has 2 aromatic rings. The molecule has 6 heteroatoms. The Bertz CT molecular complexity index is 497. The topological polar surface area (TPSA) is 43.1 Å². The van der Waals surface area contributed by atoms with Gasteiger partial charge in [-0.2, -0.15) is 19.6 Å². The summed E-state index contributed by atoms with van der Waals surface area (Å²) in [5, 5.41) is 6.06. The van der Waals surface area contributed by atoms with Gasteiger partial charge in [0.2, 0.25) is 0 Å². The van der Waals surface area contributed by atoms with Crippen LogP contribution in [-0.2, 0) is 0 Å². The lowest BCUT2D eigenvalue weighted by atomic mass is 10.2. The van der Waals surface area contributed by atoms with Crippen LogP contribution in [0.2, 0.25) is 5.15 Å². The van der Waals surface area contributed by atoms with Crippen LogP contribution in [-0.4, -0.2) is 24.8 Å². The lowest BCUT2D eigenvalue weighted by Gasteiger charge is -2.15. The van der Waals surface area contributed by atoms with Gasteiger partial charge in [0.1, 0.15) is 16.5 Å². The molecule has 0 saturated carbocycles. The van der Waals surface area contributed by atoms with Crippen molar-refractivity contribution in [3.05, 3.63) is 17.5 Å². The van der Waals surface area contributed by atoms with Crippen LogP contribution in [0.15, 0.2) is 17.4 Å². The monoisotopic (exact) mass is 256 g/mol. The van der Waals surface area contributed by atoms with Crippen LogP contribution in [0.3, 0.4) is 0 Å². The second-order valence-electron chi connectivity index (χ2n) is 3.96. The average Bonchev–Trinajstić information content (AvgIpc) is 2.65. The van der Waals surface area contributed by atoms with Gasteiger partial charge in [0, 0.05) is 11.3 Å². The highest BCUT2D eigenvalue weighted by atomic mass is 35.5. The first-order chi connectivity index (χ1) is 7.58. The zero-order valence-electron chi connectivity index (χ0n) is 9.38. The van der Waals surface area contributed by atoms with Gasteiger partial charge < -0.3 is 0 Å². The van der Waals surface area contributed by atoms with Crippen LogP contribution in [0.1, 0.15) is 20.8 Å². The van der Waals surface area contributed by atoms with E-state index in [1.165, 1.54) is 6.33 Å². The zero-order chi connectivity index (χ0) is 11.7. The first-order valence-corrected chi connectivity index (χ1v) is 6.36. The van der Waals surface area contributed by atoms with Gasteiger partial charge in [-0.1, -0.05) is 32.4 Å². The second-order valence-corrected chi connectivity index (χ2v) is 5.74. The molecular weight excluding hydrogens is 244 g/mol. The van der Waals surface area contributed by atoms with E-state index in [1.54, 1.807) is 16.3 Å². The maximum absolute atomic E-state index is 5.94. The smallest absolute Gasteiger partial charge is 0.199 e. The van der Waals surface area contributed by atoms with Gasteiger partial charge in [-0.3, -0.25) is 0 Å². The lowest BCUT2D eigenvalue weighted by Crippen LogP contribution is -2.07. The summed E-state index contributed by atoms with van der Waals surface area (Å²) in [6.45, 7) is 6.57. The minimum absolute atomic E-state index is 0.457. The molecule has 0 amide bonds. The molecule has 1 unspecified atom stereocenters. The van der Waals surface area contributed by atoms with Crippen molar-refractivity contribution in [3.63, 3.8) is 0 Å². The van der Waals surface area contributed by atoms with Gasteiger partial charge >= 0.3 is 0 Å². The Hall–Kier alpha value is -0.810. The standard InChI is InChI=1S/C10H13ClN4S/c1-6(2)7(3)16-9-4-8(11)14-10-12-5-13-15(9)10/h4-7H,1-3H3. The van der Waals surface area contributed by atoms with E-state index in [0.717, 1.165) is 5.03 Å². The molecule has 16 heavy (non-hydrogen) atoms. The molecule has 1 atom stereocenters. The number of aromatic nitrogens is 4. The van der Waals surface area contributed by atoms with E-state index in [4.69, 9.17) is 11.6 Å². The summed E-state index contributed by atoms with van der Waals surface area (Å²) in [7, 11) is 0. The fraction of sp³-hybridized carbons (Fsp3) is 0.500. The van der Waals surface area contributed by atoms with Gasteiger partial charge in [0.15, 0.2) is 0 Å². The lowest BCUT2D eigenvalue weighted by molar-refractivity contribution is 0.640. The van der Waals surface area contributed by atoms with Crippen LogP contribution in [0.4, 0.5) is 0 Å². The van der Waals surface area contributed by atoms with Crippen molar-refractivity contribution in [2.45, 2.75) is 31.0 Å². The molecule has 0 spiro atoms. The maximum Gasteiger partial charge on any atom is 0.254 e. The SMILES string of the molecule is CC(C)C(C)Sc1cc(Cl)nc2ncnn12. The van der Waals surface area contributed by atoms with E-state index in [2.05, 4.69) is 35.8 Å². The number of nitrogens with zero attached hydrogens (tertiary/aromatic N) is 4.